The minimum Gasteiger partial charge on any atom is -0.247 e. The highest BCUT2D eigenvalue weighted by molar-refractivity contribution is 4.90. The Kier molecular flexibility index (Phi) is 19.9. The Balaban J connectivity index is 2.07. The fourth-order valence-electron chi connectivity index (χ4n) is 5.41. The summed E-state index contributed by atoms with van der Waals surface area (Å²) < 4.78 is 2.54. The molecule has 1 rings (SSSR count). The van der Waals surface area contributed by atoms with Crippen LogP contribution in [0.4, 0.5) is 0 Å². The second-order valence-corrected chi connectivity index (χ2v) is 10.8. The number of unbranched alkanes of at least 4 members (excludes halogenated alkanes) is 16. The van der Waals surface area contributed by atoms with Crippen LogP contribution in [0.15, 0.2) is 12.4 Å². The lowest BCUT2D eigenvalue weighted by molar-refractivity contribution is -0.727. The third-order valence-corrected chi connectivity index (χ3v) is 7.62. The first-order chi connectivity index (χ1) is 16.2. The normalized spacial score (nSPS) is 13.5. The Hall–Kier alpha value is -0.790. The molecule has 33 heavy (non-hydrogen) atoms. The summed E-state index contributed by atoms with van der Waals surface area (Å²) in [6.45, 7) is 9.34. The highest BCUT2D eigenvalue weighted by atomic mass is 15.1. The van der Waals surface area contributed by atoms with Crippen molar-refractivity contribution in [2.75, 3.05) is 0 Å². The first-order valence-electron chi connectivity index (χ1n) is 15.3. The molecular formula is C31H61N2+. The highest BCUT2D eigenvalue weighted by Gasteiger charge is 2.24. The molecule has 0 radical (unpaired) electrons. The molecule has 0 aromatic carbocycles. The molecule has 194 valence electrons. The second-order valence-electron chi connectivity index (χ2n) is 10.8. The van der Waals surface area contributed by atoms with E-state index in [-0.39, 0.29) is 0 Å². The van der Waals surface area contributed by atoms with Gasteiger partial charge in [0.2, 0.25) is 0 Å². The minimum atomic E-state index is 0.622. The molecule has 2 heteroatoms. The van der Waals surface area contributed by atoms with Crippen molar-refractivity contribution in [3.8, 4) is 0 Å². The Labute approximate surface area is 208 Å². The van der Waals surface area contributed by atoms with Gasteiger partial charge in [-0.15, -0.1) is 0 Å². The molecule has 0 spiro atoms. The summed E-state index contributed by atoms with van der Waals surface area (Å²) in [6, 6.07) is 0.622. The van der Waals surface area contributed by atoms with Gasteiger partial charge in [0.15, 0.2) is 0 Å². The molecule has 0 aliphatic carbocycles. The molecule has 1 aromatic rings. The first-order valence-corrected chi connectivity index (χ1v) is 15.3. The van der Waals surface area contributed by atoms with E-state index in [1.165, 1.54) is 147 Å². The predicted molar refractivity (Wildman–Crippen MR) is 147 cm³/mol. The number of nitrogens with zero attached hydrogens (tertiary/aromatic N) is 1. The number of H-pyrrole nitrogens is 1. The molecule has 0 saturated heterocycles. The molecule has 1 N–H and O–H groups in total. The number of rotatable bonds is 24. The Morgan fingerprint density at radius 3 is 1.55 bits per heavy atom. The number of imidazole rings is 1. The quantitative estimate of drug-likeness (QED) is 0.117. The molecule has 0 bridgehead atoms. The zero-order valence-electron chi connectivity index (χ0n) is 23.3. The van der Waals surface area contributed by atoms with Crippen molar-refractivity contribution in [1.82, 2.24) is 4.98 Å². The summed E-state index contributed by atoms with van der Waals surface area (Å²) in [6.07, 6.45) is 35.5. The Bertz CT molecular complexity index is 521. The maximum Gasteiger partial charge on any atom is 0.257 e. The van der Waals surface area contributed by atoms with Crippen molar-refractivity contribution < 1.29 is 4.57 Å². The predicted octanol–water partition coefficient (Wildman–Crippen LogP) is 10.6. The van der Waals surface area contributed by atoms with E-state index < -0.39 is 0 Å². The molecule has 0 aliphatic rings. The number of aromatic amines is 1. The van der Waals surface area contributed by atoms with Crippen LogP contribution < -0.4 is 4.57 Å². The van der Waals surface area contributed by atoms with E-state index in [1.807, 2.05) is 0 Å². The molecule has 0 aliphatic heterocycles. The highest BCUT2D eigenvalue weighted by Crippen LogP contribution is 2.26. The average molecular weight is 462 g/mol. The van der Waals surface area contributed by atoms with E-state index in [9.17, 15) is 0 Å². The molecule has 0 amide bonds. The zero-order valence-corrected chi connectivity index (χ0v) is 23.3. The van der Waals surface area contributed by atoms with Crippen molar-refractivity contribution in [3.63, 3.8) is 0 Å². The van der Waals surface area contributed by atoms with Crippen molar-refractivity contribution in [2.24, 2.45) is 0 Å². The van der Waals surface area contributed by atoms with Crippen LogP contribution in [0.25, 0.3) is 0 Å². The summed E-state index contributed by atoms with van der Waals surface area (Å²) in [5.41, 5.74) is 0. The van der Waals surface area contributed by atoms with Gasteiger partial charge in [0.1, 0.15) is 12.4 Å². The Morgan fingerprint density at radius 1 is 0.576 bits per heavy atom. The molecule has 0 saturated carbocycles. The monoisotopic (exact) mass is 461 g/mol. The summed E-state index contributed by atoms with van der Waals surface area (Å²) in [4.78, 5) is 3.62. The first kappa shape index (κ1) is 30.2. The lowest BCUT2D eigenvalue weighted by atomic mass is 9.94. The summed E-state index contributed by atoms with van der Waals surface area (Å²) >= 11 is 0. The van der Waals surface area contributed by atoms with E-state index in [0.29, 0.717) is 12.0 Å². The lowest BCUT2D eigenvalue weighted by Gasteiger charge is -2.16. The van der Waals surface area contributed by atoms with E-state index >= 15 is 0 Å². The van der Waals surface area contributed by atoms with E-state index in [4.69, 9.17) is 0 Å². The zero-order chi connectivity index (χ0) is 24.0. The SMILES string of the molecule is CCCCCCCCCCCCCCCCCCC(CCC)c1[nH]cc[n+]1C(C)CCCC. The fraction of sp³-hybridized carbons (Fsp3) is 0.903. The van der Waals surface area contributed by atoms with Gasteiger partial charge in [-0.25, -0.2) is 9.55 Å². The molecule has 2 unspecified atom stereocenters. The third kappa shape index (κ3) is 14.9. The van der Waals surface area contributed by atoms with Crippen molar-refractivity contribution in [1.29, 1.82) is 0 Å². The summed E-state index contributed by atoms with van der Waals surface area (Å²) in [7, 11) is 0. The molecule has 2 nitrogen and oxygen atoms in total. The van der Waals surface area contributed by atoms with E-state index in [1.54, 1.807) is 0 Å². The summed E-state index contributed by atoms with van der Waals surface area (Å²) in [5, 5.41) is 0. The summed E-state index contributed by atoms with van der Waals surface area (Å²) in [5.74, 6) is 2.20. The van der Waals surface area contributed by atoms with Crippen LogP contribution in [0.2, 0.25) is 0 Å². The van der Waals surface area contributed by atoms with Crippen LogP contribution in [0.3, 0.4) is 0 Å². The van der Waals surface area contributed by atoms with E-state index in [0.717, 1.165) is 0 Å². The van der Waals surface area contributed by atoms with E-state index in [2.05, 4.69) is 49.6 Å². The third-order valence-electron chi connectivity index (χ3n) is 7.62. The number of nitrogens with one attached hydrogen (secondary N) is 1. The molecule has 2 atom stereocenters. The van der Waals surface area contributed by atoms with Gasteiger partial charge in [0.25, 0.3) is 5.82 Å². The molecule has 1 heterocycles. The lowest BCUT2D eigenvalue weighted by Crippen LogP contribution is -2.41. The van der Waals surface area contributed by atoms with Crippen LogP contribution in [-0.2, 0) is 0 Å². The van der Waals surface area contributed by atoms with Gasteiger partial charge in [0, 0.05) is 0 Å². The van der Waals surface area contributed by atoms with Gasteiger partial charge < -0.3 is 0 Å². The standard InChI is InChI=1S/C31H60N2/c1-5-8-10-11-12-13-14-15-16-17-18-19-20-21-22-23-26-30(24-7-3)31-32-27-28-33(31)29(4)25-9-6-2/h27-30H,5-26H2,1-4H3/p+1. The van der Waals surface area contributed by atoms with Gasteiger partial charge in [-0.3, -0.25) is 0 Å². The van der Waals surface area contributed by atoms with Crippen LogP contribution >= 0.6 is 0 Å². The minimum absolute atomic E-state index is 0.622. The van der Waals surface area contributed by atoms with Crippen LogP contribution in [0.1, 0.15) is 187 Å². The van der Waals surface area contributed by atoms with Crippen LogP contribution in [-0.4, -0.2) is 4.98 Å². The maximum atomic E-state index is 3.62. The molecule has 1 aromatic heterocycles. The molecule has 0 fully saturated rings. The maximum absolute atomic E-state index is 3.62. The van der Waals surface area contributed by atoms with Gasteiger partial charge in [-0.2, -0.15) is 0 Å². The van der Waals surface area contributed by atoms with Gasteiger partial charge in [-0.1, -0.05) is 136 Å². The van der Waals surface area contributed by atoms with Gasteiger partial charge in [-0.05, 0) is 32.6 Å². The fourth-order valence-corrected chi connectivity index (χ4v) is 5.41. The molecular weight excluding hydrogens is 400 g/mol. The van der Waals surface area contributed by atoms with Crippen molar-refractivity contribution >= 4 is 0 Å². The average Bonchev–Trinajstić information content (AvgIpc) is 3.31. The Morgan fingerprint density at radius 2 is 1.06 bits per heavy atom. The second kappa shape index (κ2) is 21.7. The number of aromatic nitrogens is 2. The van der Waals surface area contributed by atoms with Gasteiger partial charge >= 0.3 is 0 Å². The smallest absolute Gasteiger partial charge is 0.247 e. The van der Waals surface area contributed by atoms with Crippen molar-refractivity contribution in [3.05, 3.63) is 18.2 Å². The largest absolute Gasteiger partial charge is 0.257 e. The van der Waals surface area contributed by atoms with Crippen molar-refractivity contribution in [2.45, 2.75) is 181 Å². The van der Waals surface area contributed by atoms with Crippen LogP contribution in [0, 0.1) is 0 Å². The topological polar surface area (TPSA) is 19.7 Å². The van der Waals surface area contributed by atoms with Gasteiger partial charge in [0.05, 0.1) is 12.0 Å². The number of hydrogen-bond donors (Lipinski definition) is 1. The van der Waals surface area contributed by atoms with Crippen LogP contribution in [0.5, 0.6) is 0 Å². The number of hydrogen-bond acceptors (Lipinski definition) is 0.